The first kappa shape index (κ1) is 13.3. The molecule has 2 nitrogen and oxygen atoms in total. The zero-order chi connectivity index (χ0) is 13.1. The minimum Gasteiger partial charge on any atom is -0.389 e. The van der Waals surface area contributed by atoms with Crippen LogP contribution < -0.4 is 11.1 Å². The van der Waals surface area contributed by atoms with Gasteiger partial charge in [-0.1, -0.05) is 23.8 Å². The minimum absolute atomic E-state index is 0.359. The second kappa shape index (κ2) is 5.69. The van der Waals surface area contributed by atoms with Crippen LogP contribution in [0, 0.1) is 6.92 Å². The molecule has 1 heterocycles. The molecule has 2 aromatic rings. The third-order valence-electron chi connectivity index (χ3n) is 2.66. The molecule has 0 aliphatic rings. The topological polar surface area (TPSA) is 38.0 Å². The van der Waals surface area contributed by atoms with E-state index in [4.69, 9.17) is 29.6 Å². The summed E-state index contributed by atoms with van der Waals surface area (Å²) in [6.45, 7) is 2.88. The lowest BCUT2D eigenvalue weighted by molar-refractivity contribution is 1.17. The van der Waals surface area contributed by atoms with Crippen molar-refractivity contribution < 1.29 is 0 Å². The van der Waals surface area contributed by atoms with Gasteiger partial charge in [-0.05, 0) is 42.1 Å². The molecule has 1 aromatic heterocycles. The van der Waals surface area contributed by atoms with E-state index in [1.807, 2.05) is 12.1 Å². The van der Waals surface area contributed by atoms with Crippen LogP contribution in [0.4, 0.5) is 5.69 Å². The van der Waals surface area contributed by atoms with Crippen molar-refractivity contribution in [3.8, 4) is 0 Å². The second-order valence-corrected chi connectivity index (χ2v) is 5.79. The number of thiophene rings is 1. The Hall–Kier alpha value is -1.10. The molecule has 0 unspecified atom stereocenters. The van der Waals surface area contributed by atoms with Crippen molar-refractivity contribution in [3.05, 3.63) is 50.7 Å². The van der Waals surface area contributed by atoms with E-state index in [0.717, 1.165) is 17.8 Å². The van der Waals surface area contributed by atoms with Crippen LogP contribution in [-0.4, -0.2) is 4.99 Å². The smallest absolute Gasteiger partial charge is 0.104 e. The Morgan fingerprint density at radius 2 is 2.22 bits per heavy atom. The lowest BCUT2D eigenvalue weighted by Crippen LogP contribution is -2.09. The zero-order valence-electron chi connectivity index (χ0n) is 9.87. The fourth-order valence-corrected chi connectivity index (χ4v) is 2.79. The molecule has 18 heavy (non-hydrogen) atoms. The van der Waals surface area contributed by atoms with Crippen LogP contribution in [0.3, 0.4) is 0 Å². The third kappa shape index (κ3) is 3.02. The van der Waals surface area contributed by atoms with Gasteiger partial charge < -0.3 is 11.1 Å². The standard InChI is InChI=1S/C13H13ClN2S2/c1-8-4-5-18-12(8)7-16-11-3-2-9(13(15)17)6-10(11)14/h2-6,16H,7H2,1H3,(H2,15,17). The summed E-state index contributed by atoms with van der Waals surface area (Å²) in [4.78, 5) is 1.67. The number of hydrogen-bond acceptors (Lipinski definition) is 3. The highest BCUT2D eigenvalue weighted by Crippen LogP contribution is 2.25. The van der Waals surface area contributed by atoms with E-state index in [9.17, 15) is 0 Å². The van der Waals surface area contributed by atoms with Gasteiger partial charge in [-0.15, -0.1) is 11.3 Å². The molecule has 0 atom stereocenters. The molecular weight excluding hydrogens is 284 g/mol. The molecular formula is C13H13ClN2S2. The van der Waals surface area contributed by atoms with Gasteiger partial charge in [0.2, 0.25) is 0 Å². The molecule has 3 N–H and O–H groups in total. The molecule has 1 aromatic carbocycles. The van der Waals surface area contributed by atoms with Crippen LogP contribution in [0.2, 0.25) is 5.02 Å². The van der Waals surface area contributed by atoms with Crippen molar-refractivity contribution in [2.24, 2.45) is 5.73 Å². The first-order valence-corrected chi connectivity index (χ1v) is 7.10. The second-order valence-electron chi connectivity index (χ2n) is 3.94. The van der Waals surface area contributed by atoms with Crippen molar-refractivity contribution in [3.63, 3.8) is 0 Å². The maximum atomic E-state index is 6.18. The fraction of sp³-hybridized carbons (Fsp3) is 0.154. The van der Waals surface area contributed by atoms with Gasteiger partial charge in [-0.3, -0.25) is 0 Å². The van der Waals surface area contributed by atoms with Crippen molar-refractivity contribution >= 4 is 45.8 Å². The maximum Gasteiger partial charge on any atom is 0.104 e. The third-order valence-corrected chi connectivity index (χ3v) is 4.23. The van der Waals surface area contributed by atoms with Crippen molar-refractivity contribution in [2.45, 2.75) is 13.5 Å². The summed E-state index contributed by atoms with van der Waals surface area (Å²) in [6.07, 6.45) is 0. The van der Waals surface area contributed by atoms with E-state index < -0.39 is 0 Å². The largest absolute Gasteiger partial charge is 0.389 e. The molecule has 0 fully saturated rings. The minimum atomic E-state index is 0.359. The lowest BCUT2D eigenvalue weighted by Gasteiger charge is -2.09. The van der Waals surface area contributed by atoms with Gasteiger partial charge in [-0.2, -0.15) is 0 Å². The number of aryl methyl sites for hydroxylation is 1. The monoisotopic (exact) mass is 296 g/mol. The molecule has 94 valence electrons. The van der Waals surface area contributed by atoms with Gasteiger partial charge in [0.25, 0.3) is 0 Å². The SMILES string of the molecule is Cc1ccsc1CNc1ccc(C(N)=S)cc1Cl. The van der Waals surface area contributed by atoms with Gasteiger partial charge in [-0.25, -0.2) is 0 Å². The highest BCUT2D eigenvalue weighted by atomic mass is 35.5. The molecule has 0 saturated carbocycles. The Bertz CT molecular complexity index is 578. The van der Waals surface area contributed by atoms with E-state index in [1.165, 1.54) is 10.4 Å². The molecule has 0 saturated heterocycles. The van der Waals surface area contributed by atoms with Crippen LogP contribution in [0.15, 0.2) is 29.6 Å². The molecule has 2 rings (SSSR count). The molecule has 5 heteroatoms. The first-order chi connectivity index (χ1) is 8.58. The molecule has 0 aliphatic heterocycles. The van der Waals surface area contributed by atoms with Crippen LogP contribution in [0.5, 0.6) is 0 Å². The Morgan fingerprint density at radius 3 is 2.78 bits per heavy atom. The first-order valence-electron chi connectivity index (χ1n) is 5.44. The highest BCUT2D eigenvalue weighted by Gasteiger charge is 2.05. The molecule has 0 radical (unpaired) electrons. The highest BCUT2D eigenvalue weighted by molar-refractivity contribution is 7.80. The summed E-state index contributed by atoms with van der Waals surface area (Å²) in [5.41, 5.74) is 8.53. The van der Waals surface area contributed by atoms with Crippen LogP contribution in [-0.2, 0) is 6.54 Å². The summed E-state index contributed by atoms with van der Waals surface area (Å²) in [7, 11) is 0. The predicted molar refractivity (Wildman–Crippen MR) is 83.7 cm³/mol. The number of rotatable bonds is 4. The molecule has 0 bridgehead atoms. The number of thiocarbonyl (C=S) groups is 1. The van der Waals surface area contributed by atoms with Gasteiger partial charge in [0.1, 0.15) is 4.99 Å². The zero-order valence-corrected chi connectivity index (χ0v) is 12.3. The maximum absolute atomic E-state index is 6.18. The summed E-state index contributed by atoms with van der Waals surface area (Å²) in [5.74, 6) is 0. The van der Waals surface area contributed by atoms with E-state index in [-0.39, 0.29) is 0 Å². The number of nitrogens with two attached hydrogens (primary N) is 1. The molecule has 0 spiro atoms. The van der Waals surface area contributed by atoms with E-state index >= 15 is 0 Å². The Kier molecular flexibility index (Phi) is 4.22. The number of halogens is 1. The Labute approximate surface area is 121 Å². The summed E-state index contributed by atoms with van der Waals surface area (Å²) >= 11 is 12.8. The molecule has 0 aliphatic carbocycles. The number of anilines is 1. The Balaban J connectivity index is 2.11. The summed E-state index contributed by atoms with van der Waals surface area (Å²) in [5, 5.41) is 6.04. The quantitative estimate of drug-likeness (QED) is 0.839. The van der Waals surface area contributed by atoms with Gasteiger partial charge in [0.05, 0.1) is 10.7 Å². The van der Waals surface area contributed by atoms with Gasteiger partial charge >= 0.3 is 0 Å². The van der Waals surface area contributed by atoms with E-state index in [2.05, 4.69) is 23.7 Å². The fourth-order valence-electron chi connectivity index (χ4n) is 1.57. The normalized spacial score (nSPS) is 10.3. The lowest BCUT2D eigenvalue weighted by atomic mass is 10.2. The van der Waals surface area contributed by atoms with Gasteiger partial charge in [0, 0.05) is 17.0 Å². The van der Waals surface area contributed by atoms with Gasteiger partial charge in [0.15, 0.2) is 0 Å². The summed E-state index contributed by atoms with van der Waals surface area (Å²) < 4.78 is 0. The summed E-state index contributed by atoms with van der Waals surface area (Å²) in [6, 6.07) is 7.67. The Morgan fingerprint density at radius 1 is 1.44 bits per heavy atom. The number of nitrogens with one attached hydrogen (secondary N) is 1. The van der Waals surface area contributed by atoms with E-state index in [1.54, 1.807) is 17.4 Å². The van der Waals surface area contributed by atoms with Crippen molar-refractivity contribution in [2.75, 3.05) is 5.32 Å². The van der Waals surface area contributed by atoms with Crippen molar-refractivity contribution in [1.29, 1.82) is 0 Å². The van der Waals surface area contributed by atoms with E-state index in [0.29, 0.717) is 10.0 Å². The van der Waals surface area contributed by atoms with Crippen LogP contribution in [0.1, 0.15) is 16.0 Å². The van der Waals surface area contributed by atoms with Crippen molar-refractivity contribution in [1.82, 2.24) is 0 Å². The van der Waals surface area contributed by atoms with Crippen LogP contribution in [0.25, 0.3) is 0 Å². The van der Waals surface area contributed by atoms with Crippen LogP contribution >= 0.6 is 35.2 Å². The number of benzene rings is 1. The average Bonchev–Trinajstić information content (AvgIpc) is 2.73. The molecule has 0 amide bonds. The predicted octanol–water partition coefficient (Wildman–Crippen LogP) is 3.96. The number of hydrogen-bond donors (Lipinski definition) is 2. The average molecular weight is 297 g/mol.